The van der Waals surface area contributed by atoms with Gasteiger partial charge in [-0.05, 0) is 104 Å². The molecule has 0 spiro atoms. The van der Waals surface area contributed by atoms with Crippen molar-refractivity contribution in [3.63, 3.8) is 0 Å². The van der Waals surface area contributed by atoms with Gasteiger partial charge in [0.05, 0.1) is 37.9 Å². The Labute approximate surface area is 392 Å². The van der Waals surface area contributed by atoms with Crippen LogP contribution in [0.3, 0.4) is 0 Å². The summed E-state index contributed by atoms with van der Waals surface area (Å²) in [4.78, 5) is 52.6. The zero-order chi connectivity index (χ0) is 47.6. The number of esters is 1. The molecule has 18 atom stereocenters. The Morgan fingerprint density at radius 2 is 1.85 bits per heavy atom. The molecule has 6 aliphatic rings. The van der Waals surface area contributed by atoms with Crippen LogP contribution in [-0.4, -0.2) is 111 Å². The molecule has 0 bridgehead atoms. The Morgan fingerprint density at radius 3 is 2.63 bits per heavy atom. The topological polar surface area (TPSA) is 286 Å². The average Bonchev–Trinajstić information content (AvgIpc) is 4.07. The fourth-order valence-corrected chi connectivity index (χ4v) is 16.5. The third-order valence-corrected chi connectivity index (χ3v) is 20.6. The molecule has 20 nitrogen and oxygen atoms in total. The van der Waals surface area contributed by atoms with E-state index >= 15 is 0 Å². The summed E-state index contributed by atoms with van der Waals surface area (Å²) in [6, 6.07) is 1.15. The van der Waals surface area contributed by atoms with E-state index in [4.69, 9.17) is 29.0 Å². The van der Waals surface area contributed by atoms with E-state index in [1.807, 2.05) is 0 Å². The molecule has 0 radical (unpaired) electrons. The second-order valence-corrected chi connectivity index (χ2v) is 24.6. The lowest BCUT2D eigenvalue weighted by Gasteiger charge is -2.62. The molecule has 2 aliphatic heterocycles. The number of nitrogens with two attached hydrogens (primary N) is 1. The largest absolute Gasteiger partial charge is 0.454 e. The van der Waals surface area contributed by atoms with Gasteiger partial charge >= 0.3 is 18.5 Å². The van der Waals surface area contributed by atoms with Crippen molar-refractivity contribution >= 4 is 41.1 Å². The Hall–Kier alpha value is -3.24. The summed E-state index contributed by atoms with van der Waals surface area (Å²) < 4.78 is 47.6. The lowest BCUT2D eigenvalue weighted by Crippen LogP contribution is -2.58. The lowest BCUT2D eigenvalue weighted by atomic mass is 9.43. The monoisotopic (exact) mass is 975 g/mol. The van der Waals surface area contributed by atoms with E-state index in [0.29, 0.717) is 52.6 Å². The lowest BCUT2D eigenvalue weighted by molar-refractivity contribution is -0.175. The molecule has 3 aromatic heterocycles. The minimum Gasteiger partial charge on any atom is -0.454 e. The maximum Gasteiger partial charge on any atom is 0.392 e. The summed E-state index contributed by atoms with van der Waals surface area (Å²) in [6.45, 7) is 3.18. The molecule has 7 N–H and O–H groups in total. The van der Waals surface area contributed by atoms with E-state index in [1.54, 1.807) is 11.5 Å². The standard InChI is InChI=1S/C45H66N7O13PS/c1-23(28-8-9-29-27-7-6-25-15-26(54)11-13-44(25,3)30(27)16-34(56)45(28,29)4)5-10-37(58)61-22-67-66(60,65-39-24(2)42(64-32(39)18-53)51-14-12-35(57)50-43(51)59)62-19-33-31(55)17-36(63-33)52-21-49-38-40(46)47-20-48-41(38)52/h12,14,20-21,23-34,36,39,42,53-56H,5-11,13,15-19,22H2,1-4H3,(H2,46,47,48)(H,50,57,59)/t23?,24-,25?,26?,27?,28?,29?,30?,31?,32+,33+,34?,36+,39?,42+,44?,45?,66?/m0/s1. The van der Waals surface area contributed by atoms with Crippen LogP contribution in [0.25, 0.3) is 11.2 Å². The molecule has 4 saturated carbocycles. The van der Waals surface area contributed by atoms with E-state index in [9.17, 15) is 39.4 Å². The van der Waals surface area contributed by atoms with Gasteiger partial charge in [0, 0.05) is 42.4 Å². The number of carbonyl (C=O) groups excluding carboxylic acids is 1. The smallest absolute Gasteiger partial charge is 0.392 e. The Morgan fingerprint density at radius 1 is 1.04 bits per heavy atom. The number of aliphatic hydroxyl groups is 4. The van der Waals surface area contributed by atoms with Gasteiger partial charge in [-0.15, -0.1) is 0 Å². The summed E-state index contributed by atoms with van der Waals surface area (Å²) >= 11 is 0.619. The maximum absolute atomic E-state index is 14.8. The van der Waals surface area contributed by atoms with Crippen LogP contribution < -0.4 is 17.0 Å². The molecule has 9 rings (SSSR count). The van der Waals surface area contributed by atoms with Gasteiger partial charge in [0.1, 0.15) is 48.6 Å². The zero-order valence-electron chi connectivity index (χ0n) is 38.5. The fraction of sp³-hybridized carbons (Fsp3) is 0.778. The highest BCUT2D eigenvalue weighted by Crippen LogP contribution is 2.69. The quantitative estimate of drug-likeness (QED) is 0.0704. The van der Waals surface area contributed by atoms with Crippen LogP contribution in [0.2, 0.25) is 0 Å². The molecule has 5 heterocycles. The molecule has 67 heavy (non-hydrogen) atoms. The van der Waals surface area contributed by atoms with Gasteiger partial charge in [-0.3, -0.25) is 32.8 Å². The zero-order valence-corrected chi connectivity index (χ0v) is 40.2. The van der Waals surface area contributed by atoms with Crippen LogP contribution in [0.5, 0.6) is 0 Å². The van der Waals surface area contributed by atoms with Gasteiger partial charge in [-0.1, -0.05) is 27.7 Å². The van der Waals surface area contributed by atoms with Crippen LogP contribution in [0.1, 0.15) is 111 Å². The Kier molecular flexibility index (Phi) is 14.0. The third-order valence-electron chi connectivity index (χ3n) is 17.2. The molecule has 3 aromatic rings. The summed E-state index contributed by atoms with van der Waals surface area (Å²) in [5, 5.41) is 44.0. The highest BCUT2D eigenvalue weighted by atomic mass is 32.7. The first-order chi connectivity index (χ1) is 31.9. The van der Waals surface area contributed by atoms with Crippen molar-refractivity contribution in [1.82, 2.24) is 29.1 Å². The summed E-state index contributed by atoms with van der Waals surface area (Å²) in [7, 11) is 0. The van der Waals surface area contributed by atoms with E-state index in [1.165, 1.54) is 18.9 Å². The number of nitrogen functional groups attached to an aromatic ring is 1. The first kappa shape index (κ1) is 48.8. The van der Waals surface area contributed by atoms with Crippen molar-refractivity contribution in [3.05, 3.63) is 45.8 Å². The number of aromatic nitrogens is 6. The average molecular weight is 976 g/mol. The number of aliphatic hydroxyl groups excluding tert-OH is 4. The number of H-pyrrole nitrogens is 1. The molecular weight excluding hydrogens is 910 g/mol. The van der Waals surface area contributed by atoms with Gasteiger partial charge in [-0.2, -0.15) is 0 Å². The van der Waals surface area contributed by atoms with Crippen molar-refractivity contribution in [3.8, 4) is 0 Å². The molecule has 6 fully saturated rings. The Bertz CT molecular complexity index is 2440. The van der Waals surface area contributed by atoms with Gasteiger partial charge in [0.25, 0.3) is 5.56 Å². The highest BCUT2D eigenvalue weighted by molar-refractivity contribution is 8.55. The SMILES string of the molecule is CC(CCC(=O)OCSP(=O)(OC[C@H]1O[C@@H](n2cnc3c(N)ncnc32)CC1O)OC1[C@@H](CO)O[C@@H](n2ccc(=O)[nH]c2=O)[C@H]1C)C1CCC2C3CCC4CC(O)CCC4(C)C3CC(O)C12C. The number of fused-ring (bicyclic) bond motifs is 6. The normalized spacial score (nSPS) is 39.6. The summed E-state index contributed by atoms with van der Waals surface area (Å²) in [5.74, 6) is 0.810. The number of hydrogen-bond acceptors (Lipinski definition) is 18. The molecular formula is C45H66N7O13PS. The summed E-state index contributed by atoms with van der Waals surface area (Å²) in [5.41, 5.74) is 5.26. The summed E-state index contributed by atoms with van der Waals surface area (Å²) in [6.07, 6.45) is 5.93. The van der Waals surface area contributed by atoms with Crippen LogP contribution in [0, 0.1) is 52.3 Å². The molecule has 370 valence electrons. The number of aromatic amines is 1. The van der Waals surface area contributed by atoms with Crippen molar-refractivity contribution in [2.45, 2.75) is 147 Å². The van der Waals surface area contributed by atoms with E-state index in [0.717, 1.165) is 62.0 Å². The van der Waals surface area contributed by atoms with E-state index in [-0.39, 0.29) is 47.4 Å². The maximum atomic E-state index is 14.8. The van der Waals surface area contributed by atoms with E-state index < -0.39 is 92.1 Å². The number of nitrogens with one attached hydrogen (secondary N) is 1. The molecule has 0 amide bonds. The van der Waals surface area contributed by atoms with Crippen molar-refractivity contribution in [2.75, 3.05) is 24.9 Å². The van der Waals surface area contributed by atoms with E-state index in [2.05, 4.69) is 40.7 Å². The number of nitrogens with zero attached hydrogens (tertiary/aromatic N) is 5. The number of anilines is 1. The van der Waals surface area contributed by atoms with Gasteiger partial charge in [0.15, 0.2) is 11.5 Å². The predicted molar refractivity (Wildman–Crippen MR) is 244 cm³/mol. The van der Waals surface area contributed by atoms with Gasteiger partial charge in [-0.25, -0.2) is 24.3 Å². The minimum absolute atomic E-state index is 0.105. The Balaban J connectivity index is 0.843. The number of hydrogen-bond donors (Lipinski definition) is 6. The van der Waals surface area contributed by atoms with Gasteiger partial charge in [0.2, 0.25) is 0 Å². The van der Waals surface area contributed by atoms with Crippen LogP contribution in [0.4, 0.5) is 5.82 Å². The first-order valence-electron chi connectivity index (χ1n) is 23.9. The van der Waals surface area contributed by atoms with Crippen molar-refractivity contribution in [1.29, 1.82) is 0 Å². The number of ether oxygens (including phenoxy) is 3. The number of rotatable bonds is 15. The molecule has 13 unspecified atom stereocenters. The number of imidazole rings is 1. The molecule has 4 aliphatic carbocycles. The number of carbonyl (C=O) groups is 1. The third kappa shape index (κ3) is 9.08. The second-order valence-electron chi connectivity index (χ2n) is 20.6. The van der Waals surface area contributed by atoms with Crippen molar-refractivity contribution < 1.29 is 53.0 Å². The van der Waals surface area contributed by atoms with Gasteiger partial charge < -0.3 is 40.4 Å². The predicted octanol–water partition coefficient (Wildman–Crippen LogP) is 4.28. The molecule has 22 heteroatoms. The van der Waals surface area contributed by atoms with Crippen molar-refractivity contribution in [2.24, 2.45) is 52.3 Å². The molecule has 2 saturated heterocycles. The molecule has 0 aromatic carbocycles. The first-order valence-corrected chi connectivity index (χ1v) is 27.0. The van der Waals surface area contributed by atoms with Crippen LogP contribution in [-0.2, 0) is 32.6 Å². The highest BCUT2D eigenvalue weighted by Gasteiger charge is 2.64. The van der Waals surface area contributed by atoms with Crippen LogP contribution in [0.15, 0.2) is 34.5 Å². The van der Waals surface area contributed by atoms with Crippen LogP contribution >= 0.6 is 18.2 Å². The second kappa shape index (κ2) is 19.2. The fourth-order valence-electron chi connectivity index (χ4n) is 13.6. The minimum atomic E-state index is -4.36.